The highest BCUT2D eigenvalue weighted by Gasteiger charge is 2.48. The predicted octanol–water partition coefficient (Wildman–Crippen LogP) is 3.25. The van der Waals surface area contributed by atoms with Gasteiger partial charge < -0.3 is 9.64 Å². The van der Waals surface area contributed by atoms with E-state index in [0.29, 0.717) is 23.9 Å². The molecule has 2 rings (SSSR count). The number of methoxy groups -OCH3 is 1. The zero-order valence-corrected chi connectivity index (χ0v) is 14.7. The van der Waals surface area contributed by atoms with E-state index < -0.39 is 0 Å². The van der Waals surface area contributed by atoms with Crippen LogP contribution >= 0.6 is 0 Å². The lowest BCUT2D eigenvalue weighted by molar-refractivity contribution is -0.150. The molecule has 0 bridgehead atoms. The summed E-state index contributed by atoms with van der Waals surface area (Å²) < 4.78 is 4.79. The van der Waals surface area contributed by atoms with Gasteiger partial charge in [0.05, 0.1) is 19.4 Å². The van der Waals surface area contributed by atoms with Crippen LogP contribution in [0.5, 0.6) is 0 Å². The molecular weight excluding hydrogens is 278 g/mol. The molecule has 4 heteroatoms. The van der Waals surface area contributed by atoms with E-state index in [-0.39, 0.29) is 30.1 Å². The maximum Gasteiger partial charge on any atom is 0.306 e. The van der Waals surface area contributed by atoms with E-state index in [0.717, 1.165) is 12.8 Å². The van der Waals surface area contributed by atoms with Crippen LogP contribution in [0, 0.1) is 23.7 Å². The molecule has 1 aliphatic carbocycles. The summed E-state index contributed by atoms with van der Waals surface area (Å²) in [6.45, 7) is 8.46. The van der Waals surface area contributed by atoms with Crippen molar-refractivity contribution in [3.63, 3.8) is 0 Å². The summed E-state index contributed by atoms with van der Waals surface area (Å²) in [4.78, 5) is 27.1. The molecule has 0 N–H and O–H groups in total. The summed E-state index contributed by atoms with van der Waals surface area (Å²) in [5.74, 6) is 0.930. The molecule has 0 aromatic carbocycles. The molecule has 0 aromatic heterocycles. The first-order valence-electron chi connectivity index (χ1n) is 8.75. The molecule has 1 amide bonds. The summed E-state index contributed by atoms with van der Waals surface area (Å²) in [5, 5.41) is 0. The summed E-state index contributed by atoms with van der Waals surface area (Å²) in [6, 6.07) is 0.737. The molecular formula is C18H31NO3. The minimum Gasteiger partial charge on any atom is -0.469 e. The molecule has 0 radical (unpaired) electrons. The number of ether oxygens (including phenoxy) is 1. The summed E-state index contributed by atoms with van der Waals surface area (Å²) in [7, 11) is 1.39. The summed E-state index contributed by atoms with van der Waals surface area (Å²) >= 11 is 0. The van der Waals surface area contributed by atoms with Gasteiger partial charge in [-0.2, -0.15) is 0 Å². The Hall–Kier alpha value is -1.06. The molecule has 126 valence electrons. The smallest absolute Gasteiger partial charge is 0.306 e. The molecule has 1 saturated carbocycles. The lowest BCUT2D eigenvalue weighted by Gasteiger charge is -2.36. The molecule has 1 saturated heterocycles. The van der Waals surface area contributed by atoms with E-state index in [4.69, 9.17) is 4.74 Å². The first kappa shape index (κ1) is 17.3. The largest absolute Gasteiger partial charge is 0.469 e. The van der Waals surface area contributed by atoms with Crippen molar-refractivity contribution >= 4 is 11.9 Å². The third-order valence-corrected chi connectivity index (χ3v) is 5.64. The van der Waals surface area contributed by atoms with Crippen LogP contribution in [0.4, 0.5) is 0 Å². The Morgan fingerprint density at radius 1 is 1.18 bits per heavy atom. The van der Waals surface area contributed by atoms with Crippen molar-refractivity contribution in [2.24, 2.45) is 23.7 Å². The molecule has 0 spiro atoms. The van der Waals surface area contributed by atoms with Crippen LogP contribution in [0.15, 0.2) is 0 Å². The number of likely N-dealkylation sites (tertiary alicyclic amines) is 1. The van der Waals surface area contributed by atoms with Crippen LogP contribution in [0.2, 0.25) is 0 Å². The summed E-state index contributed by atoms with van der Waals surface area (Å²) in [5.41, 5.74) is 0. The predicted molar refractivity (Wildman–Crippen MR) is 86.2 cm³/mol. The first-order chi connectivity index (χ1) is 10.4. The highest BCUT2D eigenvalue weighted by Crippen LogP contribution is 2.44. The van der Waals surface area contributed by atoms with Gasteiger partial charge in [0, 0.05) is 12.1 Å². The van der Waals surface area contributed by atoms with Crippen molar-refractivity contribution < 1.29 is 14.3 Å². The van der Waals surface area contributed by atoms with Gasteiger partial charge in [-0.25, -0.2) is 0 Å². The highest BCUT2D eigenvalue weighted by atomic mass is 16.5. The fourth-order valence-electron chi connectivity index (χ4n) is 4.31. The number of hydrogen-bond donors (Lipinski definition) is 0. The zero-order chi connectivity index (χ0) is 16.4. The fraction of sp³-hybridized carbons (Fsp3) is 0.889. The van der Waals surface area contributed by atoms with Gasteiger partial charge in [0.15, 0.2) is 0 Å². The van der Waals surface area contributed by atoms with Crippen LogP contribution in [0.25, 0.3) is 0 Å². The van der Waals surface area contributed by atoms with Crippen molar-refractivity contribution in [2.45, 2.75) is 71.9 Å². The van der Waals surface area contributed by atoms with Crippen molar-refractivity contribution in [3.8, 4) is 0 Å². The van der Waals surface area contributed by atoms with Gasteiger partial charge in [-0.15, -0.1) is 0 Å². The van der Waals surface area contributed by atoms with Crippen molar-refractivity contribution in [2.75, 3.05) is 7.11 Å². The Morgan fingerprint density at radius 3 is 2.41 bits per heavy atom. The van der Waals surface area contributed by atoms with Gasteiger partial charge in [-0.1, -0.05) is 34.1 Å². The lowest BCUT2D eigenvalue weighted by Crippen LogP contribution is -2.48. The van der Waals surface area contributed by atoms with Crippen molar-refractivity contribution in [3.05, 3.63) is 0 Å². The Labute approximate surface area is 134 Å². The third kappa shape index (κ3) is 3.31. The quantitative estimate of drug-likeness (QED) is 0.732. The average Bonchev–Trinajstić information content (AvgIpc) is 3.03. The minimum absolute atomic E-state index is 0.153. The number of carbonyl (C=O) groups excluding carboxylic acids is 2. The van der Waals surface area contributed by atoms with Crippen LogP contribution in [-0.4, -0.2) is 36.0 Å². The maximum atomic E-state index is 13.2. The highest BCUT2D eigenvalue weighted by molar-refractivity contribution is 5.84. The fourth-order valence-corrected chi connectivity index (χ4v) is 4.31. The second-order valence-electron chi connectivity index (χ2n) is 7.68. The van der Waals surface area contributed by atoms with Gasteiger partial charge in [0.2, 0.25) is 5.91 Å². The maximum absolute atomic E-state index is 13.2. The summed E-state index contributed by atoms with van der Waals surface area (Å²) in [6.07, 6.45) is 4.94. The molecule has 1 aliphatic heterocycles. The van der Waals surface area contributed by atoms with E-state index >= 15 is 0 Å². The van der Waals surface area contributed by atoms with Crippen molar-refractivity contribution in [1.29, 1.82) is 0 Å². The van der Waals surface area contributed by atoms with E-state index in [2.05, 4.69) is 18.7 Å². The topological polar surface area (TPSA) is 46.6 Å². The minimum atomic E-state index is -0.282. The number of carbonyl (C=O) groups is 2. The molecule has 4 nitrogen and oxygen atoms in total. The Kier molecular flexibility index (Phi) is 5.51. The van der Waals surface area contributed by atoms with Crippen LogP contribution in [-0.2, 0) is 14.3 Å². The number of esters is 1. The van der Waals surface area contributed by atoms with Crippen molar-refractivity contribution in [1.82, 2.24) is 4.90 Å². The second kappa shape index (κ2) is 7.01. The lowest BCUT2D eigenvalue weighted by atomic mass is 9.89. The Balaban J connectivity index is 2.20. The van der Waals surface area contributed by atoms with Gasteiger partial charge in [0.1, 0.15) is 0 Å². The molecule has 2 aliphatic rings. The number of hydrogen-bond acceptors (Lipinski definition) is 3. The van der Waals surface area contributed by atoms with E-state index in [1.807, 2.05) is 13.8 Å². The standard InChI is InChI=1S/C18H31NO3/c1-11(2)14(10-17(20)22-5)18(21)19-15-8-6-7-13(15)9-16(19)12(3)4/h11-16H,6-10H2,1-5H3/t13?,14-,15-,16-/m0/s1. The number of nitrogens with zero attached hydrogens (tertiary/aromatic N) is 1. The molecule has 22 heavy (non-hydrogen) atoms. The zero-order valence-electron chi connectivity index (χ0n) is 14.7. The van der Waals surface area contributed by atoms with Crippen LogP contribution < -0.4 is 0 Å². The SMILES string of the molecule is COC(=O)C[C@H](C(=O)N1[C@H](C(C)C)CC2CCC[C@@H]21)C(C)C. The third-order valence-electron chi connectivity index (χ3n) is 5.64. The number of rotatable bonds is 5. The normalized spacial score (nSPS) is 29.0. The van der Waals surface area contributed by atoms with Gasteiger partial charge in [0.25, 0.3) is 0 Å². The van der Waals surface area contributed by atoms with Crippen LogP contribution in [0.1, 0.15) is 59.8 Å². The molecule has 1 heterocycles. The number of fused-ring (bicyclic) bond motifs is 1. The second-order valence-corrected chi connectivity index (χ2v) is 7.68. The first-order valence-corrected chi connectivity index (χ1v) is 8.75. The van der Waals surface area contributed by atoms with E-state index in [1.54, 1.807) is 0 Å². The Morgan fingerprint density at radius 2 is 1.86 bits per heavy atom. The molecule has 0 aromatic rings. The van der Waals surface area contributed by atoms with Gasteiger partial charge >= 0.3 is 5.97 Å². The average molecular weight is 309 g/mol. The van der Waals surface area contributed by atoms with Gasteiger partial charge in [-0.3, -0.25) is 9.59 Å². The van der Waals surface area contributed by atoms with E-state index in [9.17, 15) is 9.59 Å². The molecule has 2 fully saturated rings. The molecule has 4 atom stereocenters. The number of amides is 1. The Bertz CT molecular complexity index is 419. The van der Waals surface area contributed by atoms with E-state index in [1.165, 1.54) is 20.0 Å². The monoisotopic (exact) mass is 309 g/mol. The van der Waals surface area contributed by atoms with Crippen LogP contribution in [0.3, 0.4) is 0 Å². The van der Waals surface area contributed by atoms with Gasteiger partial charge in [-0.05, 0) is 37.0 Å². The molecule has 1 unspecified atom stereocenters.